The van der Waals surface area contributed by atoms with E-state index in [2.05, 4.69) is 5.10 Å². The Morgan fingerprint density at radius 2 is 1.85 bits per heavy atom. The van der Waals surface area contributed by atoms with Gasteiger partial charge < -0.3 is 4.74 Å². The van der Waals surface area contributed by atoms with Crippen LogP contribution in [0.5, 0.6) is 5.88 Å². The minimum absolute atomic E-state index is 0.0542. The van der Waals surface area contributed by atoms with Gasteiger partial charge in [0.25, 0.3) is 5.69 Å². The molecular weight excluding hydrogens is 341 g/mol. The third-order valence-corrected chi connectivity index (χ3v) is 3.67. The van der Waals surface area contributed by atoms with E-state index in [1.54, 1.807) is 6.07 Å². The Labute approximate surface area is 147 Å². The molecule has 0 amide bonds. The van der Waals surface area contributed by atoms with Crippen molar-refractivity contribution >= 4 is 11.7 Å². The topological polar surface area (TPSA) is 87.3 Å². The van der Waals surface area contributed by atoms with Crippen LogP contribution in [0.1, 0.15) is 23.0 Å². The van der Waals surface area contributed by atoms with Crippen LogP contribution in [0.2, 0.25) is 0 Å². The third-order valence-electron chi connectivity index (χ3n) is 3.67. The number of hydrogen-bond donors (Lipinski definition) is 0. The van der Waals surface area contributed by atoms with E-state index < -0.39 is 16.7 Å². The summed E-state index contributed by atoms with van der Waals surface area (Å²) in [5.74, 6) is -0.938. The largest absolute Gasteiger partial charge is 0.404 e. The molecule has 7 nitrogen and oxygen atoms in total. The monoisotopic (exact) mass is 355 g/mol. The molecule has 0 fully saturated rings. The molecule has 0 saturated carbocycles. The molecule has 3 aromatic rings. The van der Waals surface area contributed by atoms with E-state index in [-0.39, 0.29) is 17.1 Å². The zero-order valence-electron chi connectivity index (χ0n) is 13.8. The number of hydrogen-bond acceptors (Lipinski definition) is 5. The van der Waals surface area contributed by atoms with Crippen LogP contribution in [0, 0.1) is 15.9 Å². The second-order valence-corrected chi connectivity index (χ2v) is 5.41. The van der Waals surface area contributed by atoms with Gasteiger partial charge >= 0.3 is 5.97 Å². The highest BCUT2D eigenvalue weighted by Gasteiger charge is 2.16. The van der Waals surface area contributed by atoms with E-state index in [9.17, 15) is 19.3 Å². The van der Waals surface area contributed by atoms with Crippen molar-refractivity contribution in [1.29, 1.82) is 0 Å². The maximum Gasteiger partial charge on any atom is 0.344 e. The summed E-state index contributed by atoms with van der Waals surface area (Å²) in [4.78, 5) is 22.6. The summed E-state index contributed by atoms with van der Waals surface area (Å²) in [7, 11) is 0. The van der Waals surface area contributed by atoms with Crippen LogP contribution in [0.4, 0.5) is 10.1 Å². The molecule has 0 aliphatic heterocycles. The minimum Gasteiger partial charge on any atom is -0.404 e. The summed E-state index contributed by atoms with van der Waals surface area (Å²) in [5.41, 5.74) is 1.34. The number of non-ortho nitro benzene ring substituents is 1. The predicted octanol–water partition coefficient (Wildman–Crippen LogP) is 3.70. The second-order valence-electron chi connectivity index (χ2n) is 5.41. The first-order valence-electron chi connectivity index (χ1n) is 7.79. The molecule has 8 heteroatoms. The molecule has 0 unspecified atom stereocenters. The van der Waals surface area contributed by atoms with Crippen LogP contribution in [0.25, 0.3) is 5.69 Å². The number of nitrogens with zero attached hydrogens (tertiary/aromatic N) is 3. The standard InChI is InChI=1S/C18H14FN3O4/c1-2-14-11-17(26-18(23)12-3-5-13(19)6-4-12)21(20-14)15-7-9-16(10-8-15)22(24)25/h3-11H,2H2,1H3. The molecular formula is C18H14FN3O4. The Balaban J connectivity index is 1.92. The van der Waals surface area contributed by atoms with Crippen LogP contribution in [-0.2, 0) is 6.42 Å². The second kappa shape index (κ2) is 7.14. The zero-order valence-corrected chi connectivity index (χ0v) is 13.8. The smallest absolute Gasteiger partial charge is 0.344 e. The van der Waals surface area contributed by atoms with Gasteiger partial charge in [-0.25, -0.2) is 13.9 Å². The van der Waals surface area contributed by atoms with Crippen LogP contribution >= 0.6 is 0 Å². The lowest BCUT2D eigenvalue weighted by molar-refractivity contribution is -0.384. The van der Waals surface area contributed by atoms with Gasteiger partial charge in [-0.1, -0.05) is 6.92 Å². The summed E-state index contributed by atoms with van der Waals surface area (Å²) in [5, 5.41) is 15.1. The van der Waals surface area contributed by atoms with E-state index >= 15 is 0 Å². The molecule has 0 aliphatic carbocycles. The fourth-order valence-electron chi connectivity index (χ4n) is 2.30. The molecule has 2 aromatic carbocycles. The molecule has 0 spiro atoms. The van der Waals surface area contributed by atoms with Crippen molar-refractivity contribution in [1.82, 2.24) is 9.78 Å². The van der Waals surface area contributed by atoms with Crippen LogP contribution < -0.4 is 4.74 Å². The van der Waals surface area contributed by atoms with Crippen molar-refractivity contribution < 1.29 is 18.8 Å². The highest BCUT2D eigenvalue weighted by Crippen LogP contribution is 2.23. The van der Waals surface area contributed by atoms with E-state index in [4.69, 9.17) is 4.74 Å². The molecule has 1 aromatic heterocycles. The zero-order chi connectivity index (χ0) is 18.7. The Morgan fingerprint density at radius 3 is 2.42 bits per heavy atom. The Hall–Kier alpha value is -3.55. The van der Waals surface area contributed by atoms with E-state index in [0.29, 0.717) is 17.8 Å². The number of carbonyl (C=O) groups excluding carboxylic acids is 1. The van der Waals surface area contributed by atoms with Crippen LogP contribution in [-0.4, -0.2) is 20.7 Å². The number of halogens is 1. The van der Waals surface area contributed by atoms with Crippen molar-refractivity contribution in [3.63, 3.8) is 0 Å². The molecule has 0 atom stereocenters. The summed E-state index contributed by atoms with van der Waals surface area (Å²) in [6.07, 6.45) is 0.612. The summed E-state index contributed by atoms with van der Waals surface area (Å²) in [6, 6.07) is 12.3. The van der Waals surface area contributed by atoms with Crippen molar-refractivity contribution in [2.75, 3.05) is 0 Å². The molecule has 0 aliphatic rings. The number of esters is 1. The summed E-state index contributed by atoms with van der Waals surface area (Å²) >= 11 is 0. The molecule has 132 valence electrons. The lowest BCUT2D eigenvalue weighted by Gasteiger charge is -2.08. The number of nitro benzene ring substituents is 1. The average Bonchev–Trinajstić information content (AvgIpc) is 3.05. The normalized spacial score (nSPS) is 10.5. The van der Waals surface area contributed by atoms with Gasteiger partial charge in [-0.05, 0) is 42.8 Å². The maximum atomic E-state index is 13.0. The predicted molar refractivity (Wildman–Crippen MR) is 91.0 cm³/mol. The van der Waals surface area contributed by atoms with Crippen molar-refractivity contribution in [3.8, 4) is 11.6 Å². The molecule has 0 bridgehead atoms. The molecule has 0 saturated heterocycles. The molecule has 26 heavy (non-hydrogen) atoms. The first-order valence-corrected chi connectivity index (χ1v) is 7.79. The number of aryl methyl sites for hydroxylation is 1. The number of aromatic nitrogens is 2. The van der Waals surface area contributed by atoms with Gasteiger partial charge in [0, 0.05) is 18.2 Å². The minimum atomic E-state index is -0.657. The van der Waals surface area contributed by atoms with Gasteiger partial charge in [0.15, 0.2) is 0 Å². The lowest BCUT2D eigenvalue weighted by atomic mass is 10.2. The molecule has 3 rings (SSSR count). The van der Waals surface area contributed by atoms with Gasteiger partial charge in [-0.3, -0.25) is 10.1 Å². The van der Waals surface area contributed by atoms with Crippen molar-refractivity contribution in [3.05, 3.63) is 81.8 Å². The van der Waals surface area contributed by atoms with Gasteiger partial charge in [0.2, 0.25) is 5.88 Å². The maximum absolute atomic E-state index is 13.0. The first kappa shape index (κ1) is 17.3. The summed E-state index contributed by atoms with van der Waals surface area (Å²) in [6.45, 7) is 1.90. The average molecular weight is 355 g/mol. The van der Waals surface area contributed by atoms with Gasteiger partial charge in [-0.15, -0.1) is 0 Å². The van der Waals surface area contributed by atoms with E-state index in [1.165, 1.54) is 53.2 Å². The van der Waals surface area contributed by atoms with Crippen LogP contribution in [0.3, 0.4) is 0 Å². The SMILES string of the molecule is CCc1cc(OC(=O)c2ccc(F)cc2)n(-c2ccc([N+](=O)[O-])cc2)n1. The number of rotatable bonds is 5. The van der Waals surface area contributed by atoms with E-state index in [0.717, 1.165) is 0 Å². The number of nitro groups is 1. The van der Waals surface area contributed by atoms with Gasteiger partial charge in [0.1, 0.15) is 5.82 Å². The third kappa shape index (κ3) is 3.59. The Kier molecular flexibility index (Phi) is 4.74. The number of carbonyl (C=O) groups is 1. The molecule has 0 N–H and O–H groups in total. The Morgan fingerprint density at radius 1 is 1.19 bits per heavy atom. The fraction of sp³-hybridized carbons (Fsp3) is 0.111. The summed E-state index contributed by atoms with van der Waals surface area (Å²) < 4.78 is 19.8. The lowest BCUT2D eigenvalue weighted by Crippen LogP contribution is -2.11. The van der Waals surface area contributed by atoms with Crippen molar-refractivity contribution in [2.45, 2.75) is 13.3 Å². The highest BCUT2D eigenvalue weighted by atomic mass is 19.1. The van der Waals surface area contributed by atoms with Crippen molar-refractivity contribution in [2.24, 2.45) is 0 Å². The quantitative estimate of drug-likeness (QED) is 0.396. The number of benzene rings is 2. The molecule has 0 radical (unpaired) electrons. The molecule has 1 heterocycles. The fourth-order valence-corrected chi connectivity index (χ4v) is 2.30. The number of ether oxygens (including phenoxy) is 1. The Bertz CT molecular complexity index is 950. The van der Waals surface area contributed by atoms with E-state index in [1.807, 2.05) is 6.92 Å². The van der Waals surface area contributed by atoms with Gasteiger partial charge in [0.05, 0.1) is 21.9 Å². The van der Waals surface area contributed by atoms with Crippen LogP contribution in [0.15, 0.2) is 54.6 Å². The highest BCUT2D eigenvalue weighted by molar-refractivity contribution is 5.90. The van der Waals surface area contributed by atoms with Gasteiger partial charge in [-0.2, -0.15) is 5.10 Å². The first-order chi connectivity index (χ1) is 12.5.